The summed E-state index contributed by atoms with van der Waals surface area (Å²) >= 11 is 4.10. The van der Waals surface area contributed by atoms with Crippen molar-refractivity contribution in [2.24, 2.45) is 5.92 Å². The number of rotatable bonds is 13. The van der Waals surface area contributed by atoms with E-state index in [9.17, 15) is 0 Å². The second-order valence-electron chi connectivity index (χ2n) is 10.6. The lowest BCUT2D eigenvalue weighted by molar-refractivity contribution is 0.488. The van der Waals surface area contributed by atoms with Crippen molar-refractivity contribution in [3.8, 4) is 9.75 Å². The zero-order chi connectivity index (χ0) is 24.1. The first-order chi connectivity index (χ1) is 16.5. The fourth-order valence-electron chi connectivity index (χ4n) is 6.06. The van der Waals surface area contributed by atoms with E-state index < -0.39 is 8.07 Å². The smallest absolute Gasteiger partial charge is 0.140 e. The van der Waals surface area contributed by atoms with Crippen LogP contribution < -0.4 is 15.6 Å². The second kappa shape index (κ2) is 11.7. The predicted molar refractivity (Wildman–Crippen MR) is 159 cm³/mol. The van der Waals surface area contributed by atoms with Crippen molar-refractivity contribution in [3.05, 3.63) is 51.7 Å². The van der Waals surface area contributed by atoms with Crippen LogP contribution in [0.15, 0.2) is 36.4 Å². The molecule has 0 amide bonds. The summed E-state index contributed by atoms with van der Waals surface area (Å²) in [6, 6.07) is 16.6. The first-order valence-corrected chi connectivity index (χ1v) is 17.7. The molecule has 3 heteroatoms. The molecule has 0 saturated carbocycles. The lowest BCUT2D eigenvalue weighted by Gasteiger charge is -2.33. The molecule has 0 nitrogen and oxygen atoms in total. The van der Waals surface area contributed by atoms with Crippen LogP contribution in [-0.2, 0) is 6.42 Å². The Bertz CT molecular complexity index is 1010. The highest BCUT2D eigenvalue weighted by Crippen LogP contribution is 2.42. The van der Waals surface area contributed by atoms with E-state index in [2.05, 4.69) is 71.0 Å². The minimum atomic E-state index is -1.99. The standard InChI is InChI=1S/C31H44S2Si/c1-6-9-11-12-13-15-26-16-18-27(19-17-26)34(22-25(8-3)14-10-7-2)28-20-23(4)32-30(28)31-29(34)21-24(5)33-31/h16-21,25H,6-15,22H2,1-5H3. The number of benzene rings is 1. The summed E-state index contributed by atoms with van der Waals surface area (Å²) in [5.41, 5.74) is 1.53. The molecule has 1 aromatic carbocycles. The van der Waals surface area contributed by atoms with Crippen LogP contribution in [0.25, 0.3) is 9.75 Å². The maximum absolute atomic E-state index is 2.59. The molecule has 184 valence electrons. The highest BCUT2D eigenvalue weighted by molar-refractivity contribution is 7.31. The molecule has 0 saturated heterocycles. The van der Waals surface area contributed by atoms with Crippen molar-refractivity contribution in [3.63, 3.8) is 0 Å². The van der Waals surface area contributed by atoms with Gasteiger partial charge in [-0.05, 0) is 71.9 Å². The summed E-state index contributed by atoms with van der Waals surface area (Å²) in [5, 5.41) is 5.13. The van der Waals surface area contributed by atoms with Crippen molar-refractivity contribution in [1.29, 1.82) is 0 Å². The number of unbranched alkanes of at least 4 members (excludes halogenated alkanes) is 5. The van der Waals surface area contributed by atoms with Crippen LogP contribution in [0, 0.1) is 19.8 Å². The summed E-state index contributed by atoms with van der Waals surface area (Å²) in [5.74, 6) is 0.823. The Morgan fingerprint density at radius 2 is 1.32 bits per heavy atom. The summed E-state index contributed by atoms with van der Waals surface area (Å²) in [6.07, 6.45) is 13.4. The van der Waals surface area contributed by atoms with E-state index in [1.807, 2.05) is 22.7 Å². The summed E-state index contributed by atoms with van der Waals surface area (Å²) in [4.78, 5) is 6.21. The van der Waals surface area contributed by atoms with Gasteiger partial charge in [-0.25, -0.2) is 0 Å². The van der Waals surface area contributed by atoms with Gasteiger partial charge in [0.2, 0.25) is 0 Å². The van der Waals surface area contributed by atoms with E-state index in [4.69, 9.17) is 0 Å². The molecule has 3 heterocycles. The molecule has 34 heavy (non-hydrogen) atoms. The molecule has 1 atom stereocenters. The van der Waals surface area contributed by atoms with Crippen LogP contribution in [0.1, 0.15) is 93.9 Å². The van der Waals surface area contributed by atoms with Gasteiger partial charge in [-0.3, -0.25) is 0 Å². The maximum atomic E-state index is 2.59. The lowest BCUT2D eigenvalue weighted by Crippen LogP contribution is -2.65. The average molecular weight is 509 g/mol. The van der Waals surface area contributed by atoms with Gasteiger partial charge < -0.3 is 0 Å². The van der Waals surface area contributed by atoms with Crippen molar-refractivity contribution >= 4 is 46.3 Å². The van der Waals surface area contributed by atoms with E-state index in [-0.39, 0.29) is 0 Å². The molecule has 0 bridgehead atoms. The Hall–Kier alpha value is -1.16. The van der Waals surface area contributed by atoms with Crippen molar-refractivity contribution in [1.82, 2.24) is 0 Å². The average Bonchev–Trinajstić information content (AvgIpc) is 3.47. The normalized spacial score (nSPS) is 14.9. The van der Waals surface area contributed by atoms with E-state index in [0.29, 0.717) is 0 Å². The number of thiophene rings is 2. The van der Waals surface area contributed by atoms with Crippen LogP contribution in [0.3, 0.4) is 0 Å². The Morgan fingerprint density at radius 1 is 0.735 bits per heavy atom. The first-order valence-electron chi connectivity index (χ1n) is 13.8. The molecule has 0 radical (unpaired) electrons. The van der Waals surface area contributed by atoms with E-state index in [1.54, 1.807) is 25.3 Å². The monoisotopic (exact) mass is 508 g/mol. The zero-order valence-corrected chi connectivity index (χ0v) is 24.8. The third-order valence-electron chi connectivity index (χ3n) is 7.99. The lowest BCUT2D eigenvalue weighted by atomic mass is 10.0. The van der Waals surface area contributed by atoms with Crippen molar-refractivity contribution < 1.29 is 0 Å². The summed E-state index contributed by atoms with van der Waals surface area (Å²) in [7, 11) is -1.99. The summed E-state index contributed by atoms with van der Waals surface area (Å²) < 4.78 is 0. The van der Waals surface area contributed by atoms with E-state index >= 15 is 0 Å². The highest BCUT2D eigenvalue weighted by Gasteiger charge is 2.50. The molecule has 1 aliphatic heterocycles. The topological polar surface area (TPSA) is 0 Å². The largest absolute Gasteiger partial charge is 0.152 e. The number of aryl methyl sites for hydroxylation is 3. The summed E-state index contributed by atoms with van der Waals surface area (Å²) in [6.45, 7) is 11.7. The Balaban J connectivity index is 1.71. The molecular formula is C31H44S2Si. The molecule has 0 N–H and O–H groups in total. The minimum Gasteiger partial charge on any atom is -0.140 e. The van der Waals surface area contributed by atoms with Gasteiger partial charge in [0.25, 0.3) is 0 Å². The fourth-order valence-corrected chi connectivity index (χ4v) is 15.4. The number of hydrogen-bond donors (Lipinski definition) is 0. The van der Waals surface area contributed by atoms with Gasteiger partial charge in [-0.15, -0.1) is 22.7 Å². The Morgan fingerprint density at radius 3 is 1.88 bits per heavy atom. The maximum Gasteiger partial charge on any atom is 0.152 e. The quantitative estimate of drug-likeness (QED) is 0.160. The highest BCUT2D eigenvalue weighted by atomic mass is 32.1. The second-order valence-corrected chi connectivity index (χ2v) is 17.0. The molecule has 0 fully saturated rings. The number of fused-ring (bicyclic) bond motifs is 3. The van der Waals surface area contributed by atoms with Gasteiger partial charge in [0, 0.05) is 19.5 Å². The van der Waals surface area contributed by atoms with Gasteiger partial charge in [-0.1, -0.05) is 96.4 Å². The van der Waals surface area contributed by atoms with Crippen molar-refractivity contribution in [2.75, 3.05) is 0 Å². The zero-order valence-electron chi connectivity index (χ0n) is 22.1. The Kier molecular flexibility index (Phi) is 8.93. The molecular weight excluding hydrogens is 465 g/mol. The molecule has 1 unspecified atom stereocenters. The molecule has 0 spiro atoms. The minimum absolute atomic E-state index is 0.823. The molecule has 1 aliphatic rings. The van der Waals surface area contributed by atoms with Gasteiger partial charge in [0.05, 0.1) is 0 Å². The predicted octanol–water partition coefficient (Wildman–Crippen LogP) is 8.61. The van der Waals surface area contributed by atoms with Gasteiger partial charge in [0.15, 0.2) is 8.07 Å². The molecule has 0 aliphatic carbocycles. The van der Waals surface area contributed by atoms with Crippen LogP contribution >= 0.6 is 22.7 Å². The molecule has 3 aromatic rings. The van der Waals surface area contributed by atoms with E-state index in [0.717, 1.165) is 5.92 Å². The molecule has 2 aromatic heterocycles. The van der Waals surface area contributed by atoms with E-state index in [1.165, 1.54) is 85.6 Å². The first kappa shape index (κ1) is 25.9. The van der Waals surface area contributed by atoms with Gasteiger partial charge in [-0.2, -0.15) is 0 Å². The van der Waals surface area contributed by atoms with Crippen LogP contribution in [0.2, 0.25) is 6.04 Å². The van der Waals surface area contributed by atoms with Crippen molar-refractivity contribution in [2.45, 2.75) is 105 Å². The van der Waals surface area contributed by atoms with Crippen LogP contribution in [-0.4, -0.2) is 8.07 Å². The van der Waals surface area contributed by atoms with Crippen LogP contribution in [0.5, 0.6) is 0 Å². The number of hydrogen-bond acceptors (Lipinski definition) is 2. The fraction of sp³-hybridized carbons (Fsp3) is 0.548. The van der Waals surface area contributed by atoms with Gasteiger partial charge >= 0.3 is 0 Å². The third-order valence-corrected chi connectivity index (χ3v) is 15.8. The van der Waals surface area contributed by atoms with Gasteiger partial charge in [0.1, 0.15) is 0 Å². The SMILES string of the molecule is CCCCCCCc1ccc([Si]2(CC(CC)CCCC)c3cc(C)sc3-c3sc(C)cc32)cc1. The Labute approximate surface area is 217 Å². The molecule has 4 rings (SSSR count). The van der Waals surface area contributed by atoms with Crippen LogP contribution in [0.4, 0.5) is 0 Å². The third kappa shape index (κ3) is 5.17.